The van der Waals surface area contributed by atoms with Crippen molar-refractivity contribution in [3.8, 4) is 0 Å². The van der Waals surface area contributed by atoms with E-state index in [4.69, 9.17) is 0 Å². The van der Waals surface area contributed by atoms with Crippen LogP contribution in [0.1, 0.15) is 43.0 Å². The molecule has 5 nitrogen and oxygen atoms in total. The third kappa shape index (κ3) is 5.00. The van der Waals surface area contributed by atoms with Crippen LogP contribution in [0.5, 0.6) is 0 Å². The third-order valence-corrected chi connectivity index (χ3v) is 6.81. The van der Waals surface area contributed by atoms with Crippen LogP contribution < -0.4 is 5.32 Å². The van der Waals surface area contributed by atoms with E-state index in [0.29, 0.717) is 16.8 Å². The first-order chi connectivity index (χ1) is 12.8. The highest BCUT2D eigenvalue weighted by atomic mass is 32.2. The van der Waals surface area contributed by atoms with Crippen molar-refractivity contribution in [1.29, 1.82) is 0 Å². The molecule has 0 fully saturated rings. The van der Waals surface area contributed by atoms with Crippen LogP contribution in [0.3, 0.4) is 0 Å². The van der Waals surface area contributed by atoms with Gasteiger partial charge < -0.3 is 5.32 Å². The molecule has 0 aromatic heterocycles. The van der Waals surface area contributed by atoms with Crippen molar-refractivity contribution in [1.82, 2.24) is 4.31 Å². The number of likely N-dealkylation sites (N-methyl/N-ethyl adjacent to an activating group) is 1. The van der Waals surface area contributed by atoms with Gasteiger partial charge in [-0.3, -0.25) is 4.79 Å². The zero-order valence-corrected chi connectivity index (χ0v) is 18.6. The van der Waals surface area contributed by atoms with Crippen molar-refractivity contribution in [3.05, 3.63) is 58.7 Å². The summed E-state index contributed by atoms with van der Waals surface area (Å²) < 4.78 is 27.3. The second-order valence-electron chi connectivity index (χ2n) is 8.36. The summed E-state index contributed by atoms with van der Waals surface area (Å²) in [4.78, 5) is 12.6. The summed E-state index contributed by atoms with van der Waals surface area (Å²) in [6, 6.07) is 11.2. The number of hydrogen-bond donors (Lipinski definition) is 1. The standard InChI is InChI=1S/C22H30N2O3S/c1-15-8-10-19(11-9-15)23-20(25)14-24(7)28(26,27)21-16(2)12-18(13-17(21)3)22(4,5)6/h8-13H,14H2,1-7H3,(H,23,25). The number of nitrogens with zero attached hydrogens (tertiary/aromatic N) is 1. The minimum absolute atomic E-state index is 0.0718. The first kappa shape index (κ1) is 22.1. The number of benzene rings is 2. The van der Waals surface area contributed by atoms with Gasteiger partial charge in [-0.15, -0.1) is 0 Å². The molecule has 0 aliphatic heterocycles. The van der Waals surface area contributed by atoms with Gasteiger partial charge in [-0.25, -0.2) is 8.42 Å². The second kappa shape index (κ2) is 8.05. The summed E-state index contributed by atoms with van der Waals surface area (Å²) >= 11 is 0. The maximum absolute atomic E-state index is 13.1. The third-order valence-electron chi connectivity index (χ3n) is 4.70. The van der Waals surface area contributed by atoms with Crippen LogP contribution >= 0.6 is 0 Å². The van der Waals surface area contributed by atoms with Crippen LogP contribution in [0.2, 0.25) is 0 Å². The number of carbonyl (C=O) groups excluding carboxylic acids is 1. The van der Waals surface area contributed by atoms with Gasteiger partial charge in [0.2, 0.25) is 15.9 Å². The molecule has 2 rings (SSSR count). The highest BCUT2D eigenvalue weighted by molar-refractivity contribution is 7.89. The predicted molar refractivity (Wildman–Crippen MR) is 114 cm³/mol. The molecule has 0 radical (unpaired) electrons. The van der Waals surface area contributed by atoms with Crippen LogP contribution in [-0.4, -0.2) is 32.2 Å². The van der Waals surface area contributed by atoms with E-state index in [1.165, 1.54) is 7.05 Å². The summed E-state index contributed by atoms with van der Waals surface area (Å²) in [6.07, 6.45) is 0. The number of carbonyl (C=O) groups is 1. The summed E-state index contributed by atoms with van der Waals surface area (Å²) in [5, 5.41) is 2.74. The van der Waals surface area contributed by atoms with Gasteiger partial charge in [-0.2, -0.15) is 4.31 Å². The Morgan fingerprint density at radius 2 is 1.50 bits per heavy atom. The normalized spacial score (nSPS) is 12.3. The lowest BCUT2D eigenvalue weighted by atomic mass is 9.85. The van der Waals surface area contributed by atoms with Crippen molar-refractivity contribution in [2.45, 2.75) is 51.9 Å². The van der Waals surface area contributed by atoms with Gasteiger partial charge in [-0.1, -0.05) is 50.6 Å². The molecule has 0 unspecified atom stereocenters. The molecule has 0 atom stereocenters. The fourth-order valence-corrected chi connectivity index (χ4v) is 4.60. The molecule has 2 aromatic carbocycles. The largest absolute Gasteiger partial charge is 0.325 e. The van der Waals surface area contributed by atoms with Crippen LogP contribution in [0.15, 0.2) is 41.3 Å². The molecule has 1 N–H and O–H groups in total. The van der Waals surface area contributed by atoms with E-state index in [9.17, 15) is 13.2 Å². The van der Waals surface area contributed by atoms with Crippen LogP contribution in [0.4, 0.5) is 5.69 Å². The fourth-order valence-electron chi connectivity index (χ4n) is 3.07. The summed E-state index contributed by atoms with van der Waals surface area (Å²) in [6.45, 7) is 11.6. The van der Waals surface area contributed by atoms with Gasteiger partial charge in [0, 0.05) is 12.7 Å². The number of amides is 1. The molecule has 28 heavy (non-hydrogen) atoms. The Hall–Kier alpha value is -2.18. The van der Waals surface area contributed by atoms with Crippen molar-refractivity contribution >= 4 is 21.6 Å². The average molecular weight is 403 g/mol. The quantitative estimate of drug-likeness (QED) is 0.816. The first-order valence-corrected chi connectivity index (χ1v) is 10.7. The average Bonchev–Trinajstić information content (AvgIpc) is 2.55. The Morgan fingerprint density at radius 1 is 1.00 bits per heavy atom. The van der Waals surface area contributed by atoms with Crippen LogP contribution in [-0.2, 0) is 20.2 Å². The van der Waals surface area contributed by atoms with E-state index in [1.807, 2.05) is 31.2 Å². The van der Waals surface area contributed by atoms with Gasteiger partial charge in [0.25, 0.3) is 0 Å². The molecule has 2 aromatic rings. The van der Waals surface area contributed by atoms with E-state index in [1.54, 1.807) is 26.0 Å². The van der Waals surface area contributed by atoms with E-state index in [-0.39, 0.29) is 22.8 Å². The van der Waals surface area contributed by atoms with Crippen molar-refractivity contribution in [2.24, 2.45) is 0 Å². The number of nitrogens with one attached hydrogen (secondary N) is 1. The highest BCUT2D eigenvalue weighted by Crippen LogP contribution is 2.30. The van der Waals surface area contributed by atoms with Crippen LogP contribution in [0, 0.1) is 20.8 Å². The smallest absolute Gasteiger partial charge is 0.243 e. The van der Waals surface area contributed by atoms with E-state index >= 15 is 0 Å². The van der Waals surface area contributed by atoms with Gasteiger partial charge in [0.15, 0.2) is 0 Å². The minimum atomic E-state index is -3.78. The van der Waals surface area contributed by atoms with E-state index in [2.05, 4.69) is 26.1 Å². The molecule has 0 saturated carbocycles. The number of anilines is 1. The van der Waals surface area contributed by atoms with Crippen molar-refractivity contribution in [3.63, 3.8) is 0 Å². The Labute approximate surface area is 168 Å². The maximum Gasteiger partial charge on any atom is 0.243 e. The van der Waals surface area contributed by atoms with Gasteiger partial charge in [0.05, 0.1) is 11.4 Å². The summed E-state index contributed by atoms with van der Waals surface area (Å²) in [5.74, 6) is -0.378. The van der Waals surface area contributed by atoms with Gasteiger partial charge in [-0.05, 0) is 55.0 Å². The molecule has 1 amide bonds. The lowest BCUT2D eigenvalue weighted by molar-refractivity contribution is -0.116. The number of sulfonamides is 1. The molecular weight excluding hydrogens is 372 g/mol. The lowest BCUT2D eigenvalue weighted by Gasteiger charge is -2.24. The highest BCUT2D eigenvalue weighted by Gasteiger charge is 2.28. The molecule has 0 bridgehead atoms. The molecule has 0 aliphatic carbocycles. The number of rotatable bonds is 5. The molecular formula is C22H30N2O3S. The zero-order chi connectivity index (χ0) is 21.3. The van der Waals surface area contributed by atoms with Gasteiger partial charge >= 0.3 is 0 Å². The first-order valence-electron chi connectivity index (χ1n) is 9.27. The van der Waals surface area contributed by atoms with E-state index < -0.39 is 10.0 Å². The summed E-state index contributed by atoms with van der Waals surface area (Å²) in [5.41, 5.74) is 4.12. The lowest BCUT2D eigenvalue weighted by Crippen LogP contribution is -2.35. The number of hydrogen-bond acceptors (Lipinski definition) is 3. The minimum Gasteiger partial charge on any atom is -0.325 e. The monoisotopic (exact) mass is 402 g/mol. The Bertz CT molecular complexity index is 949. The number of aryl methyl sites for hydroxylation is 3. The van der Waals surface area contributed by atoms with Crippen molar-refractivity contribution < 1.29 is 13.2 Å². The van der Waals surface area contributed by atoms with E-state index in [0.717, 1.165) is 15.4 Å². The topological polar surface area (TPSA) is 66.5 Å². The molecule has 0 aliphatic rings. The molecule has 6 heteroatoms. The van der Waals surface area contributed by atoms with Crippen molar-refractivity contribution in [2.75, 3.05) is 18.9 Å². The Morgan fingerprint density at radius 3 is 1.96 bits per heavy atom. The summed E-state index contributed by atoms with van der Waals surface area (Å²) in [7, 11) is -2.35. The predicted octanol–water partition coefficient (Wildman–Crippen LogP) is 4.17. The SMILES string of the molecule is Cc1ccc(NC(=O)CN(C)S(=O)(=O)c2c(C)cc(C(C)(C)C)cc2C)cc1. The molecule has 0 spiro atoms. The fraction of sp³-hybridized carbons (Fsp3) is 0.409. The molecule has 152 valence electrons. The van der Waals surface area contributed by atoms with Crippen LogP contribution in [0.25, 0.3) is 0 Å². The molecule has 0 saturated heterocycles. The Kier molecular flexibility index (Phi) is 6.36. The maximum atomic E-state index is 13.1. The Balaban J connectivity index is 2.24. The zero-order valence-electron chi connectivity index (χ0n) is 17.8. The second-order valence-corrected chi connectivity index (χ2v) is 10.3. The molecule has 0 heterocycles. The van der Waals surface area contributed by atoms with Gasteiger partial charge in [0.1, 0.15) is 0 Å².